The zero-order valence-corrected chi connectivity index (χ0v) is 12.1. The Morgan fingerprint density at radius 2 is 2.15 bits per heavy atom. The Morgan fingerprint density at radius 3 is 2.75 bits per heavy atom. The average Bonchev–Trinajstić information content (AvgIpc) is 2.78. The Hall–Kier alpha value is -1.88. The van der Waals surface area contributed by atoms with Crippen LogP contribution in [0, 0.1) is 12.7 Å². The van der Waals surface area contributed by atoms with Gasteiger partial charge in [-0.15, -0.1) is 0 Å². The summed E-state index contributed by atoms with van der Waals surface area (Å²) < 4.78 is 20.9. The van der Waals surface area contributed by atoms with E-state index in [4.69, 9.17) is 10.5 Å². The number of halogens is 1. The van der Waals surface area contributed by atoms with Gasteiger partial charge >= 0.3 is 0 Å². The van der Waals surface area contributed by atoms with Crippen LogP contribution < -0.4 is 10.5 Å². The van der Waals surface area contributed by atoms with E-state index in [1.807, 2.05) is 24.6 Å². The Kier molecular flexibility index (Phi) is 4.39. The molecule has 0 spiro atoms. The normalized spacial score (nSPS) is 12.4. The second-order valence-electron chi connectivity index (χ2n) is 4.79. The van der Waals surface area contributed by atoms with Gasteiger partial charge < -0.3 is 10.5 Å². The molecule has 4 nitrogen and oxygen atoms in total. The van der Waals surface area contributed by atoms with Gasteiger partial charge in [0.05, 0.1) is 12.8 Å². The van der Waals surface area contributed by atoms with Gasteiger partial charge in [-0.05, 0) is 26.0 Å². The third-order valence-electron chi connectivity index (χ3n) is 3.32. The lowest BCUT2D eigenvalue weighted by Gasteiger charge is -2.14. The molecule has 0 amide bonds. The molecule has 5 heteroatoms. The van der Waals surface area contributed by atoms with Crippen LogP contribution in [0.5, 0.6) is 5.75 Å². The zero-order valence-electron chi connectivity index (χ0n) is 12.1. The van der Waals surface area contributed by atoms with E-state index < -0.39 is 6.04 Å². The van der Waals surface area contributed by atoms with Crippen LogP contribution in [0.4, 0.5) is 4.39 Å². The summed E-state index contributed by atoms with van der Waals surface area (Å²) in [5.41, 5.74) is 8.59. The maximum Gasteiger partial charge on any atom is 0.131 e. The number of methoxy groups -OCH3 is 1. The number of ether oxygens (including phenoxy) is 1. The Labute approximate surface area is 118 Å². The summed E-state index contributed by atoms with van der Waals surface area (Å²) >= 11 is 0. The van der Waals surface area contributed by atoms with Gasteiger partial charge in [0.25, 0.3) is 0 Å². The predicted octanol–water partition coefficient (Wildman–Crippen LogP) is 2.60. The number of aromatic nitrogens is 2. The minimum Gasteiger partial charge on any atom is -0.497 e. The van der Waals surface area contributed by atoms with Crippen molar-refractivity contribution in [1.29, 1.82) is 0 Å². The lowest BCUT2D eigenvalue weighted by molar-refractivity contribution is 0.410. The standard InChI is InChI=1S/C15H20FN3O/c1-4-19-11(7-10(2)18-19)8-15(17)13-6-5-12(20-3)9-14(13)16/h5-7,9,15H,4,8,17H2,1-3H3. The van der Waals surface area contributed by atoms with Crippen molar-refractivity contribution >= 4 is 0 Å². The molecule has 1 unspecified atom stereocenters. The molecule has 2 rings (SSSR count). The smallest absolute Gasteiger partial charge is 0.131 e. The van der Waals surface area contributed by atoms with E-state index in [-0.39, 0.29) is 5.82 Å². The van der Waals surface area contributed by atoms with Crippen molar-refractivity contribution in [3.8, 4) is 5.75 Å². The Bertz CT molecular complexity index is 595. The first-order chi connectivity index (χ1) is 9.55. The number of rotatable bonds is 5. The molecule has 0 aliphatic rings. The predicted molar refractivity (Wildman–Crippen MR) is 76.2 cm³/mol. The minimum atomic E-state index is -0.401. The molecule has 1 aromatic carbocycles. The topological polar surface area (TPSA) is 53.1 Å². The van der Waals surface area contributed by atoms with Gasteiger partial charge in [-0.2, -0.15) is 5.10 Å². The van der Waals surface area contributed by atoms with E-state index in [0.717, 1.165) is 17.9 Å². The van der Waals surface area contributed by atoms with Gasteiger partial charge in [-0.1, -0.05) is 6.07 Å². The van der Waals surface area contributed by atoms with Crippen LogP contribution >= 0.6 is 0 Å². The molecule has 1 atom stereocenters. The fourth-order valence-corrected chi connectivity index (χ4v) is 2.31. The third-order valence-corrected chi connectivity index (χ3v) is 3.32. The summed E-state index contributed by atoms with van der Waals surface area (Å²) in [7, 11) is 1.51. The highest BCUT2D eigenvalue weighted by atomic mass is 19.1. The summed E-state index contributed by atoms with van der Waals surface area (Å²) in [6, 6.07) is 6.35. The molecule has 20 heavy (non-hydrogen) atoms. The van der Waals surface area contributed by atoms with Gasteiger partial charge in [0.1, 0.15) is 11.6 Å². The molecule has 0 aliphatic carbocycles. The Morgan fingerprint density at radius 1 is 1.40 bits per heavy atom. The van der Waals surface area contributed by atoms with E-state index in [1.54, 1.807) is 12.1 Å². The first-order valence-electron chi connectivity index (χ1n) is 6.67. The molecule has 2 aromatic rings. The van der Waals surface area contributed by atoms with Crippen LogP contribution in [0.3, 0.4) is 0 Å². The Balaban J connectivity index is 2.21. The van der Waals surface area contributed by atoms with Crippen molar-refractivity contribution < 1.29 is 9.13 Å². The quantitative estimate of drug-likeness (QED) is 0.914. The van der Waals surface area contributed by atoms with Crippen molar-refractivity contribution in [3.63, 3.8) is 0 Å². The largest absolute Gasteiger partial charge is 0.497 e. The van der Waals surface area contributed by atoms with Crippen LogP contribution in [0.1, 0.15) is 29.9 Å². The van der Waals surface area contributed by atoms with Crippen LogP contribution in [-0.2, 0) is 13.0 Å². The van der Waals surface area contributed by atoms with Crippen molar-refractivity contribution in [1.82, 2.24) is 9.78 Å². The molecule has 2 N–H and O–H groups in total. The van der Waals surface area contributed by atoms with E-state index >= 15 is 0 Å². The van der Waals surface area contributed by atoms with Crippen molar-refractivity contribution in [2.75, 3.05) is 7.11 Å². The summed E-state index contributed by atoms with van der Waals surface area (Å²) in [5, 5.41) is 4.37. The minimum absolute atomic E-state index is 0.337. The van der Waals surface area contributed by atoms with Gasteiger partial charge in [-0.25, -0.2) is 4.39 Å². The van der Waals surface area contributed by atoms with E-state index in [2.05, 4.69) is 5.10 Å². The number of aryl methyl sites for hydroxylation is 2. The summed E-state index contributed by atoms with van der Waals surface area (Å²) in [5.74, 6) is 0.157. The molecule has 0 fully saturated rings. The molecule has 0 saturated carbocycles. The number of benzene rings is 1. The first kappa shape index (κ1) is 14.5. The molecule has 0 saturated heterocycles. The van der Waals surface area contributed by atoms with Gasteiger partial charge in [0, 0.05) is 36.3 Å². The van der Waals surface area contributed by atoms with Gasteiger partial charge in [0.2, 0.25) is 0 Å². The summed E-state index contributed by atoms with van der Waals surface area (Å²) in [4.78, 5) is 0. The maximum absolute atomic E-state index is 14.0. The SMILES string of the molecule is CCn1nc(C)cc1CC(N)c1ccc(OC)cc1F. The highest BCUT2D eigenvalue weighted by Gasteiger charge is 2.15. The molecule has 0 bridgehead atoms. The average molecular weight is 277 g/mol. The molecule has 0 aliphatic heterocycles. The molecular weight excluding hydrogens is 257 g/mol. The molecular formula is C15H20FN3O. The number of hydrogen-bond acceptors (Lipinski definition) is 3. The molecule has 0 radical (unpaired) electrons. The van der Waals surface area contributed by atoms with Gasteiger partial charge in [0.15, 0.2) is 0 Å². The van der Waals surface area contributed by atoms with E-state index in [0.29, 0.717) is 17.7 Å². The van der Waals surface area contributed by atoms with E-state index in [9.17, 15) is 4.39 Å². The number of nitrogens with two attached hydrogens (primary N) is 1. The molecule has 108 valence electrons. The van der Waals surface area contributed by atoms with Crippen molar-refractivity contribution in [2.45, 2.75) is 32.9 Å². The highest BCUT2D eigenvalue weighted by molar-refractivity contribution is 5.31. The highest BCUT2D eigenvalue weighted by Crippen LogP contribution is 2.23. The summed E-state index contributed by atoms with van der Waals surface area (Å²) in [6.45, 7) is 4.74. The second-order valence-corrected chi connectivity index (χ2v) is 4.79. The number of nitrogens with zero attached hydrogens (tertiary/aromatic N) is 2. The lowest BCUT2D eigenvalue weighted by atomic mass is 10.0. The fraction of sp³-hybridized carbons (Fsp3) is 0.400. The first-order valence-corrected chi connectivity index (χ1v) is 6.67. The van der Waals surface area contributed by atoms with Crippen LogP contribution in [0.15, 0.2) is 24.3 Å². The van der Waals surface area contributed by atoms with Crippen LogP contribution in [0.2, 0.25) is 0 Å². The lowest BCUT2D eigenvalue weighted by Crippen LogP contribution is -2.17. The zero-order chi connectivity index (χ0) is 14.7. The monoisotopic (exact) mass is 277 g/mol. The summed E-state index contributed by atoms with van der Waals surface area (Å²) in [6.07, 6.45) is 0.554. The van der Waals surface area contributed by atoms with Crippen molar-refractivity contribution in [2.24, 2.45) is 5.73 Å². The van der Waals surface area contributed by atoms with Crippen LogP contribution in [0.25, 0.3) is 0 Å². The van der Waals surface area contributed by atoms with Crippen molar-refractivity contribution in [3.05, 3.63) is 47.0 Å². The second kappa shape index (κ2) is 6.05. The van der Waals surface area contributed by atoms with Gasteiger partial charge in [-0.3, -0.25) is 4.68 Å². The fourth-order valence-electron chi connectivity index (χ4n) is 2.31. The number of hydrogen-bond donors (Lipinski definition) is 1. The van der Waals surface area contributed by atoms with Crippen LogP contribution in [-0.4, -0.2) is 16.9 Å². The molecule has 1 aromatic heterocycles. The maximum atomic E-state index is 14.0. The van der Waals surface area contributed by atoms with E-state index in [1.165, 1.54) is 13.2 Å². The third kappa shape index (κ3) is 2.99. The molecule has 1 heterocycles.